The van der Waals surface area contributed by atoms with E-state index in [4.69, 9.17) is 14.7 Å². The number of hydrogen-bond acceptors (Lipinski definition) is 4. The molecule has 7 heteroatoms. The number of methoxy groups -OCH3 is 1. The van der Waals surface area contributed by atoms with Crippen LogP contribution < -0.4 is 10.2 Å². The molecule has 4 rings (SSSR count). The first-order valence-corrected chi connectivity index (χ1v) is 11.5. The largest absolute Gasteiger partial charge is 0.496 e. The molecule has 0 radical (unpaired) electrons. The third kappa shape index (κ3) is 5.06. The molecular weight excluding hydrogens is 532 g/mol. The first-order valence-electron chi connectivity index (χ1n) is 9.88. The van der Waals surface area contributed by atoms with Gasteiger partial charge in [-0.05, 0) is 64.8 Å². The number of pyridine rings is 1. The van der Waals surface area contributed by atoms with Gasteiger partial charge in [0, 0.05) is 19.9 Å². The van der Waals surface area contributed by atoms with Gasteiger partial charge in [-0.1, -0.05) is 52.3 Å². The highest BCUT2D eigenvalue weighted by atomic mass is 79.9. The second-order valence-corrected chi connectivity index (χ2v) is 8.78. The molecule has 0 fully saturated rings. The van der Waals surface area contributed by atoms with Crippen molar-refractivity contribution in [3.63, 3.8) is 0 Å². The summed E-state index contributed by atoms with van der Waals surface area (Å²) in [5.41, 5.74) is 7.34. The van der Waals surface area contributed by atoms with Crippen molar-refractivity contribution in [3.8, 4) is 5.75 Å². The van der Waals surface area contributed by atoms with Crippen molar-refractivity contribution < 1.29 is 4.74 Å². The number of hydrazone groups is 1. The van der Waals surface area contributed by atoms with Crippen LogP contribution >= 0.6 is 31.9 Å². The molecule has 1 aromatic heterocycles. The molecule has 32 heavy (non-hydrogen) atoms. The summed E-state index contributed by atoms with van der Waals surface area (Å²) in [5, 5.41) is 5.49. The predicted octanol–water partition coefficient (Wildman–Crippen LogP) is 6.78. The van der Waals surface area contributed by atoms with E-state index in [2.05, 4.69) is 42.4 Å². The number of rotatable bonds is 5. The Morgan fingerprint density at radius 2 is 1.78 bits per heavy atom. The lowest BCUT2D eigenvalue weighted by atomic mass is 10.2. The smallest absolute Gasteiger partial charge is 0.173 e. The number of ether oxygens (including phenoxy) is 1. The van der Waals surface area contributed by atoms with Crippen LogP contribution in [0, 0.1) is 6.92 Å². The zero-order valence-corrected chi connectivity index (χ0v) is 20.7. The third-order valence-electron chi connectivity index (χ3n) is 4.80. The molecule has 4 aromatic rings. The fourth-order valence-corrected chi connectivity index (χ4v) is 4.75. The summed E-state index contributed by atoms with van der Waals surface area (Å²) in [4.78, 5) is 9.67. The van der Waals surface area contributed by atoms with Crippen molar-refractivity contribution >= 4 is 60.5 Å². The van der Waals surface area contributed by atoms with Crippen molar-refractivity contribution in [2.75, 3.05) is 7.11 Å². The van der Waals surface area contributed by atoms with Gasteiger partial charge in [-0.3, -0.25) is 5.43 Å². The van der Waals surface area contributed by atoms with E-state index in [9.17, 15) is 0 Å². The first-order chi connectivity index (χ1) is 15.5. The fourth-order valence-electron chi connectivity index (χ4n) is 3.22. The Hall–Kier alpha value is -3.03. The SMILES string of the molecule is COc1ccccc1/C=N/NC(=Nc1c(C)cc(Br)cc1Br)c1ccc2ccccc2n1. The van der Waals surface area contributed by atoms with E-state index in [1.165, 1.54) is 0 Å². The third-order valence-corrected chi connectivity index (χ3v) is 5.86. The summed E-state index contributed by atoms with van der Waals surface area (Å²) < 4.78 is 7.26. The highest BCUT2D eigenvalue weighted by molar-refractivity contribution is 9.11. The van der Waals surface area contributed by atoms with Gasteiger partial charge in [0.1, 0.15) is 11.4 Å². The van der Waals surface area contributed by atoms with Crippen LogP contribution in [-0.4, -0.2) is 24.1 Å². The molecule has 0 spiro atoms. The van der Waals surface area contributed by atoms with Gasteiger partial charge in [-0.2, -0.15) is 5.10 Å². The van der Waals surface area contributed by atoms with Crippen molar-refractivity contribution in [2.45, 2.75) is 6.92 Å². The topological polar surface area (TPSA) is 58.9 Å². The number of nitrogens with zero attached hydrogens (tertiary/aromatic N) is 3. The van der Waals surface area contributed by atoms with Crippen LogP contribution in [-0.2, 0) is 0 Å². The second-order valence-electron chi connectivity index (χ2n) is 7.01. The van der Waals surface area contributed by atoms with E-state index in [0.29, 0.717) is 11.5 Å². The van der Waals surface area contributed by atoms with Crippen LogP contribution in [0.1, 0.15) is 16.8 Å². The molecule has 0 bridgehead atoms. The molecular formula is C25H20Br2N4O. The molecule has 5 nitrogen and oxygen atoms in total. The average Bonchev–Trinajstić information content (AvgIpc) is 2.80. The maximum atomic E-state index is 5.40. The Kier molecular flexibility index (Phi) is 6.97. The molecule has 0 unspecified atom stereocenters. The molecule has 0 amide bonds. The highest BCUT2D eigenvalue weighted by Crippen LogP contribution is 2.33. The van der Waals surface area contributed by atoms with Gasteiger partial charge < -0.3 is 4.74 Å². The number of fused-ring (bicyclic) bond motifs is 1. The van der Waals surface area contributed by atoms with Gasteiger partial charge in [-0.15, -0.1) is 0 Å². The van der Waals surface area contributed by atoms with E-state index in [1.54, 1.807) is 13.3 Å². The molecule has 160 valence electrons. The summed E-state index contributed by atoms with van der Waals surface area (Å²) in [6, 6.07) is 23.6. The summed E-state index contributed by atoms with van der Waals surface area (Å²) in [5.74, 6) is 1.28. The number of para-hydroxylation sites is 2. The molecule has 0 aliphatic heterocycles. The van der Waals surface area contributed by atoms with Gasteiger partial charge in [-0.25, -0.2) is 9.98 Å². The molecule has 3 aromatic carbocycles. The lowest BCUT2D eigenvalue weighted by Crippen LogP contribution is -2.20. The fraction of sp³-hybridized carbons (Fsp3) is 0.0800. The Balaban J connectivity index is 1.76. The molecule has 1 N–H and O–H groups in total. The van der Waals surface area contributed by atoms with Gasteiger partial charge in [0.25, 0.3) is 0 Å². The Labute approximate surface area is 203 Å². The number of amidine groups is 1. The zero-order valence-electron chi connectivity index (χ0n) is 17.5. The molecule has 0 aliphatic rings. The Morgan fingerprint density at radius 3 is 2.59 bits per heavy atom. The average molecular weight is 552 g/mol. The number of aryl methyl sites for hydroxylation is 1. The second kappa shape index (κ2) is 10.1. The first kappa shape index (κ1) is 22.2. The van der Waals surface area contributed by atoms with Crippen LogP contribution in [0.3, 0.4) is 0 Å². The van der Waals surface area contributed by atoms with Crippen LogP contribution in [0.2, 0.25) is 0 Å². The number of nitrogens with one attached hydrogen (secondary N) is 1. The molecule has 0 atom stereocenters. The van der Waals surface area contributed by atoms with Crippen molar-refractivity contribution in [3.05, 3.63) is 98.6 Å². The Bertz CT molecular complexity index is 1310. The molecule has 1 heterocycles. The summed E-state index contributed by atoms with van der Waals surface area (Å²) in [6.45, 7) is 2.01. The van der Waals surface area contributed by atoms with Gasteiger partial charge in [0.05, 0.1) is 24.5 Å². The van der Waals surface area contributed by atoms with E-state index in [-0.39, 0.29) is 0 Å². The van der Waals surface area contributed by atoms with Crippen LogP contribution in [0.5, 0.6) is 5.75 Å². The predicted molar refractivity (Wildman–Crippen MR) is 138 cm³/mol. The number of halogens is 2. The minimum atomic E-state index is 0.535. The molecule has 0 saturated heterocycles. The van der Waals surface area contributed by atoms with E-state index < -0.39 is 0 Å². The number of aromatic nitrogens is 1. The van der Waals surface area contributed by atoms with Crippen molar-refractivity contribution in [1.82, 2.24) is 10.4 Å². The summed E-state index contributed by atoms with van der Waals surface area (Å²) in [7, 11) is 1.64. The standard InChI is InChI=1S/C25H20Br2N4O/c1-16-13-19(26)14-20(27)24(16)30-25(22-12-11-17-7-3-5-9-21(17)29-22)31-28-15-18-8-4-6-10-23(18)32-2/h3-15H,1-2H3,(H,30,31)/b28-15+. The normalized spacial score (nSPS) is 11.8. The molecule has 0 aliphatic carbocycles. The van der Waals surface area contributed by atoms with Crippen LogP contribution in [0.15, 0.2) is 91.8 Å². The Morgan fingerprint density at radius 1 is 1.00 bits per heavy atom. The maximum Gasteiger partial charge on any atom is 0.173 e. The van der Waals surface area contributed by atoms with E-state index >= 15 is 0 Å². The van der Waals surface area contributed by atoms with E-state index in [0.717, 1.165) is 42.4 Å². The van der Waals surface area contributed by atoms with Gasteiger partial charge in [0.15, 0.2) is 5.84 Å². The molecule has 0 saturated carbocycles. The number of aliphatic imine (C=N–C) groups is 1. The van der Waals surface area contributed by atoms with Crippen molar-refractivity contribution in [1.29, 1.82) is 0 Å². The quantitative estimate of drug-likeness (QED) is 0.169. The van der Waals surface area contributed by atoms with Crippen molar-refractivity contribution in [2.24, 2.45) is 10.1 Å². The summed E-state index contributed by atoms with van der Waals surface area (Å²) >= 11 is 7.15. The number of benzene rings is 3. The minimum absolute atomic E-state index is 0.535. The zero-order chi connectivity index (χ0) is 22.5. The monoisotopic (exact) mass is 550 g/mol. The minimum Gasteiger partial charge on any atom is -0.496 e. The van der Waals surface area contributed by atoms with Crippen LogP contribution in [0.4, 0.5) is 5.69 Å². The van der Waals surface area contributed by atoms with Gasteiger partial charge >= 0.3 is 0 Å². The van der Waals surface area contributed by atoms with E-state index in [1.807, 2.05) is 79.7 Å². The number of hydrogen-bond donors (Lipinski definition) is 1. The maximum absolute atomic E-state index is 5.40. The van der Waals surface area contributed by atoms with Crippen LogP contribution in [0.25, 0.3) is 10.9 Å². The highest BCUT2D eigenvalue weighted by Gasteiger charge is 2.11. The van der Waals surface area contributed by atoms with Gasteiger partial charge in [0.2, 0.25) is 0 Å². The lowest BCUT2D eigenvalue weighted by Gasteiger charge is -2.10. The summed E-state index contributed by atoms with van der Waals surface area (Å²) in [6.07, 6.45) is 1.71. The lowest BCUT2D eigenvalue weighted by molar-refractivity contribution is 0.414.